The van der Waals surface area contributed by atoms with E-state index in [0.29, 0.717) is 6.10 Å². The van der Waals surface area contributed by atoms with Crippen molar-refractivity contribution in [3.63, 3.8) is 0 Å². The Labute approximate surface area is 110 Å². The number of hydrogen-bond donors (Lipinski definition) is 1. The fraction of sp³-hybridized carbons (Fsp3) is 1.00. The minimum Gasteiger partial charge on any atom is -0.378 e. The second kappa shape index (κ2) is 7.65. The molecule has 3 unspecified atom stereocenters. The van der Waals surface area contributed by atoms with E-state index in [2.05, 4.69) is 24.0 Å². The highest BCUT2D eigenvalue weighted by Crippen LogP contribution is 2.31. The maximum absolute atomic E-state index is 5.74. The average Bonchev–Trinajstić information content (AvgIpc) is 3.01. The monoisotopic (exact) mass is 257 g/mol. The molecule has 0 spiro atoms. The molecule has 0 amide bonds. The van der Waals surface area contributed by atoms with Gasteiger partial charge in [-0.2, -0.15) is 11.8 Å². The molecule has 2 aliphatic rings. The van der Waals surface area contributed by atoms with Crippen LogP contribution in [-0.2, 0) is 4.74 Å². The predicted octanol–water partition coefficient (Wildman–Crippen LogP) is 3.21. The van der Waals surface area contributed by atoms with Crippen LogP contribution in [0.2, 0.25) is 0 Å². The van der Waals surface area contributed by atoms with Gasteiger partial charge < -0.3 is 10.1 Å². The van der Waals surface area contributed by atoms with E-state index in [1.54, 1.807) is 0 Å². The van der Waals surface area contributed by atoms with E-state index >= 15 is 0 Å². The highest BCUT2D eigenvalue weighted by Gasteiger charge is 2.26. The van der Waals surface area contributed by atoms with Gasteiger partial charge in [0.1, 0.15) is 0 Å². The van der Waals surface area contributed by atoms with Crippen LogP contribution in [0.5, 0.6) is 0 Å². The first-order valence-electron chi connectivity index (χ1n) is 7.36. The van der Waals surface area contributed by atoms with Gasteiger partial charge in [-0.05, 0) is 57.2 Å². The van der Waals surface area contributed by atoms with Crippen molar-refractivity contribution < 1.29 is 4.74 Å². The molecule has 2 saturated heterocycles. The zero-order valence-corrected chi connectivity index (χ0v) is 11.9. The first kappa shape index (κ1) is 13.7. The highest BCUT2D eigenvalue weighted by atomic mass is 32.2. The Morgan fingerprint density at radius 3 is 2.94 bits per heavy atom. The van der Waals surface area contributed by atoms with E-state index in [1.165, 1.54) is 57.2 Å². The minimum absolute atomic E-state index is 0.562. The van der Waals surface area contributed by atoms with E-state index in [1.807, 2.05) is 0 Å². The van der Waals surface area contributed by atoms with Crippen LogP contribution < -0.4 is 5.32 Å². The van der Waals surface area contributed by atoms with Crippen molar-refractivity contribution in [3.8, 4) is 0 Å². The van der Waals surface area contributed by atoms with Crippen LogP contribution in [-0.4, -0.2) is 36.3 Å². The van der Waals surface area contributed by atoms with Crippen LogP contribution in [0.3, 0.4) is 0 Å². The molecule has 0 aromatic heterocycles. The lowest BCUT2D eigenvalue weighted by atomic mass is 10.0. The largest absolute Gasteiger partial charge is 0.378 e. The molecular formula is C14H27NOS. The van der Waals surface area contributed by atoms with Crippen molar-refractivity contribution in [2.45, 2.75) is 69.3 Å². The Morgan fingerprint density at radius 1 is 1.35 bits per heavy atom. The van der Waals surface area contributed by atoms with Gasteiger partial charge in [0.15, 0.2) is 0 Å². The molecule has 1 N–H and O–H groups in total. The van der Waals surface area contributed by atoms with Gasteiger partial charge in [-0.1, -0.05) is 6.92 Å². The average molecular weight is 257 g/mol. The third kappa shape index (κ3) is 4.46. The summed E-state index contributed by atoms with van der Waals surface area (Å²) in [5, 5.41) is 4.62. The summed E-state index contributed by atoms with van der Waals surface area (Å²) in [6, 6.07) is 0.728. The van der Waals surface area contributed by atoms with E-state index in [9.17, 15) is 0 Å². The summed E-state index contributed by atoms with van der Waals surface area (Å²) < 4.78 is 5.74. The Bertz CT molecular complexity index is 200. The Kier molecular flexibility index (Phi) is 6.16. The smallest absolute Gasteiger partial charge is 0.0576 e. The van der Waals surface area contributed by atoms with Crippen LogP contribution in [0.1, 0.15) is 51.9 Å². The van der Waals surface area contributed by atoms with Gasteiger partial charge >= 0.3 is 0 Å². The summed E-state index contributed by atoms with van der Waals surface area (Å²) in [4.78, 5) is 0. The molecule has 2 rings (SSSR count). The van der Waals surface area contributed by atoms with Gasteiger partial charge in [0.05, 0.1) is 6.10 Å². The summed E-state index contributed by atoms with van der Waals surface area (Å²) in [6.07, 6.45) is 9.77. The molecule has 0 radical (unpaired) electrons. The number of ether oxygens (including phenoxy) is 1. The lowest BCUT2D eigenvalue weighted by Gasteiger charge is -2.25. The topological polar surface area (TPSA) is 21.3 Å². The summed E-state index contributed by atoms with van der Waals surface area (Å²) >= 11 is 2.18. The number of thioether (sulfide) groups is 1. The van der Waals surface area contributed by atoms with Crippen molar-refractivity contribution in [3.05, 3.63) is 0 Å². The molecule has 2 nitrogen and oxygen atoms in total. The Morgan fingerprint density at radius 2 is 2.29 bits per heavy atom. The number of nitrogens with one attached hydrogen (secondary N) is 1. The molecule has 2 heterocycles. The first-order valence-corrected chi connectivity index (χ1v) is 8.41. The molecule has 3 atom stereocenters. The Hall–Kier alpha value is 0.270. The van der Waals surface area contributed by atoms with Crippen LogP contribution in [0.25, 0.3) is 0 Å². The van der Waals surface area contributed by atoms with Crippen LogP contribution in [0.15, 0.2) is 0 Å². The van der Waals surface area contributed by atoms with Gasteiger partial charge in [-0.15, -0.1) is 0 Å². The van der Waals surface area contributed by atoms with Crippen LogP contribution in [0, 0.1) is 0 Å². The number of hydrogen-bond acceptors (Lipinski definition) is 3. The summed E-state index contributed by atoms with van der Waals surface area (Å²) in [6.45, 7) is 4.43. The fourth-order valence-electron chi connectivity index (χ4n) is 2.91. The molecular weight excluding hydrogens is 230 g/mol. The molecule has 0 saturated carbocycles. The van der Waals surface area contributed by atoms with Crippen molar-refractivity contribution in [1.29, 1.82) is 0 Å². The second-order valence-corrected chi connectivity index (χ2v) is 6.67. The minimum atomic E-state index is 0.562. The zero-order chi connectivity index (χ0) is 11.9. The Balaban J connectivity index is 1.72. The molecule has 0 aromatic carbocycles. The van der Waals surface area contributed by atoms with Gasteiger partial charge in [0.25, 0.3) is 0 Å². The van der Waals surface area contributed by atoms with E-state index in [0.717, 1.165) is 17.9 Å². The van der Waals surface area contributed by atoms with Crippen molar-refractivity contribution in [1.82, 2.24) is 5.32 Å². The number of rotatable bonds is 7. The fourth-order valence-corrected chi connectivity index (χ4v) is 4.34. The maximum atomic E-state index is 5.74. The summed E-state index contributed by atoms with van der Waals surface area (Å²) in [5.74, 6) is 1.37. The molecule has 0 aliphatic carbocycles. The van der Waals surface area contributed by atoms with Gasteiger partial charge in [-0.3, -0.25) is 0 Å². The molecule has 0 bridgehead atoms. The van der Waals surface area contributed by atoms with E-state index < -0.39 is 0 Å². The van der Waals surface area contributed by atoms with Gasteiger partial charge in [0, 0.05) is 17.9 Å². The molecule has 0 aromatic rings. The molecule has 3 heteroatoms. The van der Waals surface area contributed by atoms with Crippen molar-refractivity contribution in [2.24, 2.45) is 0 Å². The third-order valence-electron chi connectivity index (χ3n) is 3.89. The van der Waals surface area contributed by atoms with Gasteiger partial charge in [0.2, 0.25) is 0 Å². The normalized spacial score (nSPS) is 30.9. The van der Waals surface area contributed by atoms with E-state index in [-0.39, 0.29) is 0 Å². The standard InChI is InChI=1S/C14H27NOS/c1-2-9-15-13(14-6-4-11-17-14)8-7-12-5-3-10-16-12/h12-15H,2-11H2,1H3. The zero-order valence-electron chi connectivity index (χ0n) is 11.1. The van der Waals surface area contributed by atoms with Crippen molar-refractivity contribution in [2.75, 3.05) is 18.9 Å². The lowest BCUT2D eigenvalue weighted by Crippen LogP contribution is -2.38. The lowest BCUT2D eigenvalue weighted by molar-refractivity contribution is 0.0994. The molecule has 100 valence electrons. The quantitative estimate of drug-likeness (QED) is 0.757. The molecule has 2 aliphatic heterocycles. The molecule has 17 heavy (non-hydrogen) atoms. The summed E-state index contributed by atoms with van der Waals surface area (Å²) in [5.41, 5.74) is 0. The van der Waals surface area contributed by atoms with Crippen LogP contribution >= 0.6 is 11.8 Å². The van der Waals surface area contributed by atoms with Crippen molar-refractivity contribution >= 4 is 11.8 Å². The second-order valence-electron chi connectivity index (χ2n) is 5.32. The SMILES string of the molecule is CCCNC(CCC1CCCO1)C1CCCS1. The van der Waals surface area contributed by atoms with E-state index in [4.69, 9.17) is 4.74 Å². The predicted molar refractivity (Wildman–Crippen MR) is 75.8 cm³/mol. The maximum Gasteiger partial charge on any atom is 0.0576 e. The molecule has 2 fully saturated rings. The highest BCUT2D eigenvalue weighted by molar-refractivity contribution is 8.00. The third-order valence-corrected chi connectivity index (χ3v) is 5.41. The summed E-state index contributed by atoms with van der Waals surface area (Å²) in [7, 11) is 0. The first-order chi connectivity index (χ1) is 8.40. The van der Waals surface area contributed by atoms with Gasteiger partial charge in [-0.25, -0.2) is 0 Å². The van der Waals surface area contributed by atoms with Crippen LogP contribution in [0.4, 0.5) is 0 Å².